The predicted octanol–water partition coefficient (Wildman–Crippen LogP) is 3.52. The zero-order chi connectivity index (χ0) is 24.3. The van der Waals surface area contributed by atoms with E-state index in [1.165, 1.54) is 0 Å². The van der Waals surface area contributed by atoms with Gasteiger partial charge in [0.1, 0.15) is 0 Å². The fraction of sp³-hybridized carbons (Fsp3) is 0.435. The number of rotatable bonds is 9. The third-order valence-corrected chi connectivity index (χ3v) is 7.76. The molecule has 0 bridgehead atoms. The van der Waals surface area contributed by atoms with E-state index in [2.05, 4.69) is 10.0 Å². The fourth-order valence-corrected chi connectivity index (χ4v) is 4.64. The number of amides is 3. The first kappa shape index (κ1) is 25.1. The maximum atomic E-state index is 12.8. The Bertz CT molecular complexity index is 1150. The van der Waals surface area contributed by atoms with E-state index in [9.17, 15) is 22.8 Å². The van der Waals surface area contributed by atoms with Crippen molar-refractivity contribution in [2.75, 3.05) is 16.8 Å². The van der Waals surface area contributed by atoms with Gasteiger partial charge in [-0.05, 0) is 76.3 Å². The number of hydrogen-bond donors (Lipinski definition) is 2. The van der Waals surface area contributed by atoms with Crippen molar-refractivity contribution in [1.82, 2.24) is 4.72 Å². The number of sulfonamides is 1. The Morgan fingerprint density at radius 3 is 2.55 bits per heavy atom. The fourth-order valence-electron chi connectivity index (χ4n) is 3.67. The van der Waals surface area contributed by atoms with E-state index >= 15 is 0 Å². The summed E-state index contributed by atoms with van der Waals surface area (Å²) in [5, 5.41) is 2.87. The molecular formula is C23H28ClN3O5S. The lowest BCUT2D eigenvalue weighted by molar-refractivity contribution is -0.120. The number of carbonyl (C=O) groups is 3. The quantitative estimate of drug-likeness (QED) is 0.403. The number of imide groups is 1. The van der Waals surface area contributed by atoms with Gasteiger partial charge in [-0.1, -0.05) is 11.6 Å². The maximum absolute atomic E-state index is 12.8. The van der Waals surface area contributed by atoms with Crippen LogP contribution in [-0.4, -0.2) is 37.9 Å². The van der Waals surface area contributed by atoms with Gasteiger partial charge in [-0.25, -0.2) is 18.0 Å². The van der Waals surface area contributed by atoms with Gasteiger partial charge in [0.05, 0.1) is 16.5 Å². The first-order chi connectivity index (χ1) is 15.5. The molecule has 0 saturated heterocycles. The average molecular weight is 494 g/mol. The van der Waals surface area contributed by atoms with E-state index < -0.39 is 15.3 Å². The Morgan fingerprint density at radius 2 is 1.88 bits per heavy atom. The second kappa shape index (κ2) is 10.2. The Kier molecular flexibility index (Phi) is 7.76. The number of hydrogen-bond acceptors (Lipinski definition) is 5. The molecule has 0 radical (unpaired) electrons. The summed E-state index contributed by atoms with van der Waals surface area (Å²) in [5.74, 6) is -0.914. The topological polar surface area (TPSA) is 113 Å². The van der Waals surface area contributed by atoms with Gasteiger partial charge in [0.15, 0.2) is 0 Å². The third kappa shape index (κ3) is 5.72. The molecule has 0 spiro atoms. The van der Waals surface area contributed by atoms with Crippen molar-refractivity contribution in [1.29, 1.82) is 0 Å². The maximum Gasteiger partial charge on any atom is 0.265 e. The van der Waals surface area contributed by atoms with Crippen LogP contribution >= 0.6 is 11.6 Å². The molecule has 1 aromatic carbocycles. The number of halogens is 1. The summed E-state index contributed by atoms with van der Waals surface area (Å²) >= 11 is 6.05. The number of nitrogens with zero attached hydrogens (tertiary/aromatic N) is 1. The summed E-state index contributed by atoms with van der Waals surface area (Å²) in [6.07, 6.45) is 3.88. The SMILES string of the molecule is Cc1cc(NC(=O)CCCCNS(=O)(=O)C(C)C)ccc1N1C(=O)C2=C(CCC(Cl)=C2)C1=O. The molecular weight excluding hydrogens is 466 g/mol. The molecule has 0 saturated carbocycles. The molecule has 3 amide bonds. The van der Waals surface area contributed by atoms with Crippen LogP contribution in [0.2, 0.25) is 0 Å². The largest absolute Gasteiger partial charge is 0.326 e. The molecule has 2 N–H and O–H groups in total. The van der Waals surface area contributed by atoms with E-state index in [4.69, 9.17) is 11.6 Å². The minimum Gasteiger partial charge on any atom is -0.326 e. The predicted molar refractivity (Wildman–Crippen MR) is 128 cm³/mol. The van der Waals surface area contributed by atoms with E-state index in [0.717, 1.165) is 4.90 Å². The van der Waals surface area contributed by atoms with Crippen molar-refractivity contribution >= 4 is 50.7 Å². The van der Waals surface area contributed by atoms with Gasteiger partial charge in [0.25, 0.3) is 11.8 Å². The first-order valence-electron chi connectivity index (χ1n) is 10.9. The van der Waals surface area contributed by atoms with Gasteiger partial charge < -0.3 is 5.32 Å². The van der Waals surface area contributed by atoms with E-state index in [1.807, 2.05) is 0 Å². The van der Waals surface area contributed by atoms with Crippen LogP contribution in [-0.2, 0) is 24.4 Å². The van der Waals surface area contributed by atoms with Gasteiger partial charge in [-0.15, -0.1) is 0 Å². The van der Waals surface area contributed by atoms with Crippen molar-refractivity contribution in [3.8, 4) is 0 Å². The van der Waals surface area contributed by atoms with E-state index in [1.54, 1.807) is 45.0 Å². The van der Waals surface area contributed by atoms with Crippen molar-refractivity contribution in [2.24, 2.45) is 0 Å². The number of anilines is 2. The molecule has 2 aliphatic rings. The van der Waals surface area contributed by atoms with E-state index in [0.29, 0.717) is 58.8 Å². The standard InChI is InChI=1S/C23H28ClN3O5S/c1-14(2)33(31,32)25-11-5-4-6-21(28)26-17-8-10-20(15(3)12-17)27-22(29)18-9-7-16(24)13-19(18)23(27)30/h8,10,12-14,25H,4-7,9,11H2,1-3H3,(H,26,28). The van der Waals surface area contributed by atoms with Crippen LogP contribution in [0.5, 0.6) is 0 Å². The van der Waals surface area contributed by atoms with Crippen LogP contribution < -0.4 is 14.9 Å². The van der Waals surface area contributed by atoms with Crippen molar-refractivity contribution in [3.05, 3.63) is 46.0 Å². The second-order valence-corrected chi connectivity index (χ2v) is 11.2. The molecule has 0 aromatic heterocycles. The smallest absolute Gasteiger partial charge is 0.265 e. The van der Waals surface area contributed by atoms with Gasteiger partial charge in [-0.2, -0.15) is 0 Å². The summed E-state index contributed by atoms with van der Waals surface area (Å²) in [7, 11) is -3.30. The minimum atomic E-state index is -3.30. The molecule has 3 rings (SSSR count). The van der Waals surface area contributed by atoms with E-state index in [-0.39, 0.29) is 30.7 Å². The van der Waals surface area contributed by atoms with Crippen LogP contribution in [0.3, 0.4) is 0 Å². The molecule has 1 aliphatic carbocycles. The number of nitrogens with one attached hydrogen (secondary N) is 2. The molecule has 8 nitrogen and oxygen atoms in total. The lowest BCUT2D eigenvalue weighted by Crippen LogP contribution is -2.32. The van der Waals surface area contributed by atoms with Crippen LogP contribution in [0.25, 0.3) is 0 Å². The van der Waals surface area contributed by atoms with Gasteiger partial charge in [0, 0.05) is 29.3 Å². The highest BCUT2D eigenvalue weighted by molar-refractivity contribution is 7.90. The zero-order valence-electron chi connectivity index (χ0n) is 18.9. The lowest BCUT2D eigenvalue weighted by Gasteiger charge is -2.18. The second-order valence-electron chi connectivity index (χ2n) is 8.42. The molecule has 0 atom stereocenters. The number of unbranched alkanes of at least 4 members (excludes halogenated alkanes) is 1. The average Bonchev–Trinajstić information content (AvgIpc) is 2.97. The van der Waals surface area contributed by atoms with Crippen LogP contribution in [0.1, 0.15) is 51.5 Å². The molecule has 1 heterocycles. The zero-order valence-corrected chi connectivity index (χ0v) is 20.5. The number of allylic oxidation sites excluding steroid dienone is 1. The van der Waals surface area contributed by atoms with Crippen molar-refractivity contribution in [3.63, 3.8) is 0 Å². The molecule has 1 aromatic rings. The Balaban J connectivity index is 1.55. The Hall–Kier alpha value is -2.49. The highest BCUT2D eigenvalue weighted by atomic mass is 35.5. The monoisotopic (exact) mass is 493 g/mol. The van der Waals surface area contributed by atoms with Crippen LogP contribution in [0.4, 0.5) is 11.4 Å². The first-order valence-corrected chi connectivity index (χ1v) is 12.8. The van der Waals surface area contributed by atoms with Crippen LogP contribution in [0, 0.1) is 6.92 Å². The highest BCUT2D eigenvalue weighted by Gasteiger charge is 2.39. The normalized spacial score (nSPS) is 16.4. The third-order valence-electron chi connectivity index (χ3n) is 5.61. The molecule has 33 heavy (non-hydrogen) atoms. The van der Waals surface area contributed by atoms with Gasteiger partial charge in [0.2, 0.25) is 15.9 Å². The lowest BCUT2D eigenvalue weighted by atomic mass is 9.99. The molecule has 10 heteroatoms. The molecule has 178 valence electrons. The van der Waals surface area contributed by atoms with Crippen molar-refractivity contribution in [2.45, 2.75) is 58.1 Å². The molecule has 1 aliphatic heterocycles. The summed E-state index contributed by atoms with van der Waals surface area (Å²) in [6.45, 7) is 5.27. The number of benzene rings is 1. The van der Waals surface area contributed by atoms with Crippen molar-refractivity contribution < 1.29 is 22.8 Å². The number of carbonyl (C=O) groups excluding carboxylic acids is 3. The summed E-state index contributed by atoms with van der Waals surface area (Å²) in [4.78, 5) is 39.0. The van der Waals surface area contributed by atoms with Gasteiger partial charge >= 0.3 is 0 Å². The van der Waals surface area contributed by atoms with Crippen LogP contribution in [0.15, 0.2) is 40.5 Å². The summed E-state index contributed by atoms with van der Waals surface area (Å²) in [6, 6.07) is 5.01. The molecule has 0 fully saturated rings. The number of aryl methyl sites for hydroxylation is 1. The minimum absolute atomic E-state index is 0.195. The Morgan fingerprint density at radius 1 is 1.15 bits per heavy atom. The summed E-state index contributed by atoms with van der Waals surface area (Å²) < 4.78 is 25.9. The Labute approximate surface area is 199 Å². The summed E-state index contributed by atoms with van der Waals surface area (Å²) in [5.41, 5.74) is 2.54. The highest BCUT2D eigenvalue weighted by Crippen LogP contribution is 2.37. The molecule has 0 unspecified atom stereocenters. The van der Waals surface area contributed by atoms with Gasteiger partial charge in [-0.3, -0.25) is 14.4 Å².